The lowest BCUT2D eigenvalue weighted by Crippen LogP contribution is -2.45. The van der Waals surface area contributed by atoms with Crippen molar-refractivity contribution < 1.29 is 13.2 Å². The third-order valence-corrected chi connectivity index (χ3v) is 5.88. The van der Waals surface area contributed by atoms with E-state index in [0.29, 0.717) is 23.6 Å². The second-order valence-corrected chi connectivity index (χ2v) is 8.45. The molecule has 0 radical (unpaired) electrons. The number of carbonyl (C=O) groups excluding carboxylic acids is 1. The van der Waals surface area contributed by atoms with E-state index in [9.17, 15) is 13.2 Å². The first-order valence-corrected chi connectivity index (χ1v) is 10.0. The van der Waals surface area contributed by atoms with Gasteiger partial charge in [-0.1, -0.05) is 25.3 Å². The topological polar surface area (TPSA) is 89.3 Å². The molecule has 1 fully saturated rings. The van der Waals surface area contributed by atoms with Crippen LogP contribution in [-0.4, -0.2) is 33.2 Å². The molecule has 0 aliphatic heterocycles. The molecular weight excluding hydrogens is 312 g/mol. The largest absolute Gasteiger partial charge is 0.348 e. The van der Waals surface area contributed by atoms with E-state index in [-0.39, 0.29) is 16.8 Å². The van der Waals surface area contributed by atoms with Gasteiger partial charge < -0.3 is 11.1 Å². The lowest BCUT2D eigenvalue weighted by Gasteiger charge is -2.30. The van der Waals surface area contributed by atoms with Crippen molar-refractivity contribution in [2.45, 2.75) is 50.0 Å². The highest BCUT2D eigenvalue weighted by molar-refractivity contribution is 7.90. The maximum Gasteiger partial charge on any atom is 0.251 e. The zero-order chi connectivity index (χ0) is 17.0. The molecule has 3 N–H and O–H groups in total. The molecule has 0 spiro atoms. The summed E-state index contributed by atoms with van der Waals surface area (Å²) in [6.07, 6.45) is 6.94. The van der Waals surface area contributed by atoms with E-state index in [0.717, 1.165) is 19.1 Å². The summed E-state index contributed by atoms with van der Waals surface area (Å²) < 4.78 is 23.6. The minimum Gasteiger partial charge on any atom is -0.348 e. The SMILES string of the molecule is Cc1ccc(C(=O)NC(CN)C2CCCCC2)cc1S(C)(=O)=O. The van der Waals surface area contributed by atoms with E-state index >= 15 is 0 Å². The number of nitrogens with two attached hydrogens (primary N) is 1. The normalized spacial score (nSPS) is 17.7. The van der Waals surface area contributed by atoms with Gasteiger partial charge in [-0.15, -0.1) is 0 Å². The van der Waals surface area contributed by atoms with Crippen LogP contribution in [0.2, 0.25) is 0 Å². The predicted molar refractivity (Wildman–Crippen MR) is 91.2 cm³/mol. The number of hydrogen-bond acceptors (Lipinski definition) is 4. The highest BCUT2D eigenvalue weighted by Gasteiger charge is 2.25. The fourth-order valence-electron chi connectivity index (χ4n) is 3.30. The van der Waals surface area contributed by atoms with Gasteiger partial charge in [0, 0.05) is 24.4 Å². The molecule has 1 aromatic rings. The number of aryl methyl sites for hydroxylation is 1. The average Bonchev–Trinajstić information content (AvgIpc) is 2.52. The standard InChI is InChI=1S/C17H26N2O3S/c1-12-8-9-14(10-16(12)23(2,21)22)17(20)19-15(11-18)13-6-4-3-5-7-13/h8-10,13,15H,3-7,11,18H2,1-2H3,(H,19,20). The smallest absolute Gasteiger partial charge is 0.251 e. The van der Waals surface area contributed by atoms with Crippen molar-refractivity contribution in [3.05, 3.63) is 29.3 Å². The lowest BCUT2D eigenvalue weighted by atomic mass is 9.84. The molecular formula is C17H26N2O3S. The molecule has 0 heterocycles. The second kappa shape index (κ2) is 7.45. The molecule has 1 unspecified atom stereocenters. The van der Waals surface area contributed by atoms with E-state index in [1.165, 1.54) is 25.3 Å². The van der Waals surface area contributed by atoms with Crippen molar-refractivity contribution >= 4 is 15.7 Å². The van der Waals surface area contributed by atoms with E-state index in [1.54, 1.807) is 19.1 Å². The van der Waals surface area contributed by atoms with Crippen molar-refractivity contribution in [3.8, 4) is 0 Å². The van der Waals surface area contributed by atoms with Crippen LogP contribution in [0.5, 0.6) is 0 Å². The molecule has 1 aromatic carbocycles. The van der Waals surface area contributed by atoms with Gasteiger partial charge in [0.1, 0.15) is 0 Å². The van der Waals surface area contributed by atoms with Crippen LogP contribution in [0.15, 0.2) is 23.1 Å². The maximum absolute atomic E-state index is 12.5. The zero-order valence-corrected chi connectivity index (χ0v) is 14.7. The first-order chi connectivity index (χ1) is 10.8. The Hall–Kier alpha value is -1.40. The Morgan fingerprint density at radius 1 is 1.30 bits per heavy atom. The van der Waals surface area contributed by atoms with Gasteiger partial charge in [-0.2, -0.15) is 0 Å². The van der Waals surface area contributed by atoms with E-state index < -0.39 is 9.84 Å². The number of sulfone groups is 1. The molecule has 128 valence electrons. The molecule has 0 saturated heterocycles. The average molecular weight is 338 g/mol. The molecule has 6 heteroatoms. The van der Waals surface area contributed by atoms with Crippen LogP contribution in [0.25, 0.3) is 0 Å². The molecule has 0 aromatic heterocycles. The Kier molecular flexibility index (Phi) is 5.81. The minimum absolute atomic E-state index is 0.0502. The van der Waals surface area contributed by atoms with Gasteiger partial charge in [-0.05, 0) is 43.4 Å². The van der Waals surface area contributed by atoms with E-state index in [1.807, 2.05) is 0 Å². The Morgan fingerprint density at radius 2 is 1.96 bits per heavy atom. The van der Waals surface area contributed by atoms with Crippen molar-refractivity contribution in [1.29, 1.82) is 0 Å². The molecule has 1 amide bonds. The molecule has 5 nitrogen and oxygen atoms in total. The highest BCUT2D eigenvalue weighted by atomic mass is 32.2. The minimum atomic E-state index is -3.35. The number of nitrogens with one attached hydrogen (secondary N) is 1. The Morgan fingerprint density at radius 3 is 2.52 bits per heavy atom. The van der Waals surface area contributed by atoms with Gasteiger partial charge in [0.15, 0.2) is 9.84 Å². The van der Waals surface area contributed by atoms with Crippen LogP contribution >= 0.6 is 0 Å². The third-order valence-electron chi connectivity index (χ3n) is 4.64. The van der Waals surface area contributed by atoms with Crippen LogP contribution < -0.4 is 11.1 Å². The summed E-state index contributed by atoms with van der Waals surface area (Å²) in [4.78, 5) is 12.7. The Balaban J connectivity index is 2.16. The molecule has 23 heavy (non-hydrogen) atoms. The van der Waals surface area contributed by atoms with Crippen molar-refractivity contribution in [2.24, 2.45) is 11.7 Å². The van der Waals surface area contributed by atoms with Crippen LogP contribution in [0.3, 0.4) is 0 Å². The lowest BCUT2D eigenvalue weighted by molar-refractivity contribution is 0.0915. The maximum atomic E-state index is 12.5. The van der Waals surface area contributed by atoms with Crippen molar-refractivity contribution in [2.75, 3.05) is 12.8 Å². The van der Waals surface area contributed by atoms with Gasteiger partial charge in [0.05, 0.1) is 4.90 Å². The van der Waals surface area contributed by atoms with E-state index in [2.05, 4.69) is 5.32 Å². The molecule has 1 aliphatic carbocycles. The number of amides is 1. The quantitative estimate of drug-likeness (QED) is 0.860. The van der Waals surface area contributed by atoms with Gasteiger partial charge >= 0.3 is 0 Å². The van der Waals surface area contributed by atoms with Gasteiger partial charge in [0.25, 0.3) is 5.91 Å². The first kappa shape index (κ1) is 17.9. The molecule has 2 rings (SSSR count). The first-order valence-electron chi connectivity index (χ1n) is 8.14. The van der Waals surface area contributed by atoms with Crippen LogP contribution in [0, 0.1) is 12.8 Å². The Labute approximate surface area is 138 Å². The summed E-state index contributed by atoms with van der Waals surface area (Å²) in [6, 6.07) is 4.73. The number of rotatable bonds is 5. The molecule has 1 atom stereocenters. The predicted octanol–water partition coefficient (Wildman–Crippen LogP) is 2.04. The third kappa shape index (κ3) is 4.54. The van der Waals surface area contributed by atoms with Crippen LogP contribution in [0.4, 0.5) is 0 Å². The van der Waals surface area contributed by atoms with Gasteiger partial charge in [0.2, 0.25) is 0 Å². The van der Waals surface area contributed by atoms with Gasteiger partial charge in [-0.3, -0.25) is 4.79 Å². The zero-order valence-electron chi connectivity index (χ0n) is 13.8. The summed E-state index contributed by atoms with van der Waals surface area (Å²) in [6.45, 7) is 2.13. The second-order valence-electron chi connectivity index (χ2n) is 6.47. The highest BCUT2D eigenvalue weighted by Crippen LogP contribution is 2.26. The summed E-state index contributed by atoms with van der Waals surface area (Å²) in [7, 11) is -3.35. The molecule has 1 saturated carbocycles. The van der Waals surface area contributed by atoms with Gasteiger partial charge in [-0.25, -0.2) is 8.42 Å². The van der Waals surface area contributed by atoms with Crippen LogP contribution in [-0.2, 0) is 9.84 Å². The van der Waals surface area contributed by atoms with Crippen molar-refractivity contribution in [1.82, 2.24) is 5.32 Å². The summed E-state index contributed by atoms with van der Waals surface area (Å²) in [5.74, 6) is 0.161. The van der Waals surface area contributed by atoms with Crippen molar-refractivity contribution in [3.63, 3.8) is 0 Å². The van der Waals surface area contributed by atoms with E-state index in [4.69, 9.17) is 5.73 Å². The summed E-state index contributed by atoms with van der Waals surface area (Å²) in [5.41, 5.74) is 6.85. The van der Waals surface area contributed by atoms with Crippen LogP contribution in [0.1, 0.15) is 48.0 Å². The number of benzene rings is 1. The summed E-state index contributed by atoms with van der Waals surface area (Å²) >= 11 is 0. The Bertz CT molecular complexity index is 664. The molecule has 0 bridgehead atoms. The molecule has 1 aliphatic rings. The fourth-order valence-corrected chi connectivity index (χ4v) is 4.29. The number of carbonyl (C=O) groups is 1. The fraction of sp³-hybridized carbons (Fsp3) is 0.588. The summed E-state index contributed by atoms with van der Waals surface area (Å²) in [5, 5.41) is 2.99. The monoisotopic (exact) mass is 338 g/mol. The number of hydrogen-bond donors (Lipinski definition) is 2.